The summed E-state index contributed by atoms with van der Waals surface area (Å²) < 4.78 is 0.961. The first-order valence-corrected chi connectivity index (χ1v) is 6.72. The molecule has 0 aliphatic heterocycles. The maximum absolute atomic E-state index is 11.1. The van der Waals surface area contributed by atoms with E-state index in [1.807, 2.05) is 25.1 Å². The summed E-state index contributed by atoms with van der Waals surface area (Å²) in [5.74, 6) is -1.34. The molecule has 7 heteroatoms. The summed E-state index contributed by atoms with van der Waals surface area (Å²) in [6.07, 6.45) is 0. The van der Waals surface area contributed by atoms with Crippen LogP contribution in [0.15, 0.2) is 40.9 Å². The van der Waals surface area contributed by atoms with E-state index < -0.39 is 16.6 Å². The third kappa shape index (κ3) is 3.38. The predicted octanol–water partition coefficient (Wildman–Crippen LogP) is 4.11. The number of nitro groups is 1. The second-order valence-electron chi connectivity index (χ2n) is 4.38. The smallest absolute Gasteiger partial charge is 0.342 e. The fourth-order valence-electron chi connectivity index (χ4n) is 1.83. The number of aryl methyl sites for hydroxylation is 1. The molecule has 2 rings (SSSR count). The largest absolute Gasteiger partial charge is 0.477 e. The number of aromatic carboxylic acids is 1. The van der Waals surface area contributed by atoms with Gasteiger partial charge in [-0.25, -0.2) is 4.79 Å². The Morgan fingerprint density at radius 2 is 1.86 bits per heavy atom. The highest BCUT2D eigenvalue weighted by Gasteiger charge is 2.19. The highest BCUT2D eigenvalue weighted by molar-refractivity contribution is 9.10. The highest BCUT2D eigenvalue weighted by Crippen LogP contribution is 2.27. The number of rotatable bonds is 4. The second-order valence-corrected chi connectivity index (χ2v) is 5.24. The Kier molecular flexibility index (Phi) is 4.23. The van der Waals surface area contributed by atoms with Crippen molar-refractivity contribution in [2.75, 3.05) is 5.32 Å². The van der Waals surface area contributed by atoms with Gasteiger partial charge >= 0.3 is 5.97 Å². The van der Waals surface area contributed by atoms with Crippen LogP contribution in [0.4, 0.5) is 17.1 Å². The van der Waals surface area contributed by atoms with E-state index in [2.05, 4.69) is 21.2 Å². The van der Waals surface area contributed by atoms with E-state index in [1.165, 1.54) is 18.2 Å². The average Bonchev–Trinajstić information content (AvgIpc) is 2.42. The quantitative estimate of drug-likeness (QED) is 0.639. The molecule has 0 saturated heterocycles. The van der Waals surface area contributed by atoms with Crippen molar-refractivity contribution in [3.05, 3.63) is 62.1 Å². The van der Waals surface area contributed by atoms with E-state index in [0.29, 0.717) is 5.69 Å². The molecule has 0 aliphatic carbocycles. The first-order valence-electron chi connectivity index (χ1n) is 5.93. The Hall–Kier alpha value is -2.41. The fourth-order valence-corrected chi connectivity index (χ4v) is 2.08. The Labute approximate surface area is 128 Å². The number of benzene rings is 2. The molecular weight excluding hydrogens is 340 g/mol. The molecule has 0 fully saturated rings. The predicted molar refractivity (Wildman–Crippen MR) is 82.2 cm³/mol. The number of hydrogen-bond donors (Lipinski definition) is 2. The van der Waals surface area contributed by atoms with Crippen molar-refractivity contribution in [3.8, 4) is 0 Å². The van der Waals surface area contributed by atoms with Crippen molar-refractivity contribution >= 4 is 39.0 Å². The minimum absolute atomic E-state index is 0.348. The zero-order chi connectivity index (χ0) is 15.6. The van der Waals surface area contributed by atoms with E-state index in [4.69, 9.17) is 5.11 Å². The molecule has 0 aliphatic rings. The number of halogens is 1. The number of nitro benzene ring substituents is 1. The number of hydrogen-bond acceptors (Lipinski definition) is 4. The van der Waals surface area contributed by atoms with Crippen LogP contribution >= 0.6 is 15.9 Å². The van der Waals surface area contributed by atoms with E-state index in [9.17, 15) is 14.9 Å². The van der Waals surface area contributed by atoms with E-state index >= 15 is 0 Å². The average molecular weight is 351 g/mol. The summed E-state index contributed by atoms with van der Waals surface area (Å²) in [4.78, 5) is 21.2. The Morgan fingerprint density at radius 3 is 2.43 bits per heavy atom. The van der Waals surface area contributed by atoms with Gasteiger partial charge in [0.2, 0.25) is 0 Å². The van der Waals surface area contributed by atoms with Gasteiger partial charge in [0.25, 0.3) is 5.69 Å². The van der Waals surface area contributed by atoms with Gasteiger partial charge < -0.3 is 10.4 Å². The van der Waals surface area contributed by atoms with Crippen LogP contribution in [0.3, 0.4) is 0 Å². The number of carboxylic acid groups (broad SMARTS) is 1. The molecule has 0 atom stereocenters. The molecule has 108 valence electrons. The number of carboxylic acids is 1. The van der Waals surface area contributed by atoms with Crippen LogP contribution < -0.4 is 5.32 Å². The lowest BCUT2D eigenvalue weighted by Crippen LogP contribution is -2.03. The number of carbonyl (C=O) groups is 1. The minimum Gasteiger partial charge on any atom is -0.477 e. The van der Waals surface area contributed by atoms with Crippen molar-refractivity contribution in [1.82, 2.24) is 0 Å². The molecule has 2 aromatic rings. The molecule has 6 nitrogen and oxygen atoms in total. The Bertz CT molecular complexity index is 731. The van der Waals surface area contributed by atoms with Crippen LogP contribution in [0.2, 0.25) is 0 Å². The fraction of sp³-hybridized carbons (Fsp3) is 0.0714. The topological polar surface area (TPSA) is 92.5 Å². The standard InChI is InChI=1S/C14H11BrN2O4/c1-8-6-9(2-4-12(8)15)16-10-3-5-13(17(20)21)11(7-10)14(18)19/h2-7,16H,1H3,(H,18,19). The molecule has 0 saturated carbocycles. The van der Waals surface area contributed by atoms with Gasteiger partial charge in [-0.1, -0.05) is 15.9 Å². The van der Waals surface area contributed by atoms with Crippen molar-refractivity contribution in [2.24, 2.45) is 0 Å². The van der Waals surface area contributed by atoms with Gasteiger partial charge in [-0.2, -0.15) is 0 Å². The maximum Gasteiger partial charge on any atom is 0.342 e. The maximum atomic E-state index is 11.1. The molecule has 0 heterocycles. The number of nitrogens with one attached hydrogen (secondary N) is 1. The zero-order valence-electron chi connectivity index (χ0n) is 11.0. The molecule has 0 amide bonds. The molecule has 0 unspecified atom stereocenters. The Morgan fingerprint density at radius 1 is 1.24 bits per heavy atom. The van der Waals surface area contributed by atoms with Crippen molar-refractivity contribution in [2.45, 2.75) is 6.92 Å². The lowest BCUT2D eigenvalue weighted by atomic mass is 10.1. The van der Waals surface area contributed by atoms with Crippen LogP contribution in [0.25, 0.3) is 0 Å². The first kappa shape index (κ1) is 15.0. The summed E-state index contributed by atoms with van der Waals surface area (Å²) in [6.45, 7) is 1.92. The highest BCUT2D eigenvalue weighted by atomic mass is 79.9. The molecule has 0 spiro atoms. The molecule has 2 aromatic carbocycles. The summed E-state index contributed by atoms with van der Waals surface area (Å²) in [5, 5.41) is 22.9. The zero-order valence-corrected chi connectivity index (χ0v) is 12.5. The van der Waals surface area contributed by atoms with Gasteiger partial charge in [0.1, 0.15) is 5.56 Å². The summed E-state index contributed by atoms with van der Waals surface area (Å²) in [5.41, 5.74) is 1.47. The van der Waals surface area contributed by atoms with Crippen LogP contribution in [-0.2, 0) is 0 Å². The lowest BCUT2D eigenvalue weighted by molar-refractivity contribution is -0.385. The van der Waals surface area contributed by atoms with Crippen LogP contribution in [-0.4, -0.2) is 16.0 Å². The summed E-state index contributed by atoms with van der Waals surface area (Å²) in [6, 6.07) is 9.46. The normalized spacial score (nSPS) is 10.2. The molecular formula is C14H11BrN2O4. The van der Waals surface area contributed by atoms with Gasteiger partial charge in [0, 0.05) is 21.9 Å². The van der Waals surface area contributed by atoms with Gasteiger partial charge in [-0.15, -0.1) is 0 Å². The van der Waals surface area contributed by atoms with Gasteiger partial charge in [0.15, 0.2) is 0 Å². The van der Waals surface area contributed by atoms with Crippen LogP contribution in [0.1, 0.15) is 15.9 Å². The lowest BCUT2D eigenvalue weighted by Gasteiger charge is -2.09. The van der Waals surface area contributed by atoms with Crippen LogP contribution in [0.5, 0.6) is 0 Å². The number of nitrogens with zero attached hydrogens (tertiary/aromatic N) is 1. The third-order valence-corrected chi connectivity index (χ3v) is 3.76. The molecule has 0 radical (unpaired) electrons. The van der Waals surface area contributed by atoms with E-state index in [0.717, 1.165) is 15.7 Å². The molecule has 21 heavy (non-hydrogen) atoms. The molecule has 0 bridgehead atoms. The van der Waals surface area contributed by atoms with Gasteiger partial charge in [-0.05, 0) is 42.8 Å². The molecule has 2 N–H and O–H groups in total. The van der Waals surface area contributed by atoms with E-state index in [1.54, 1.807) is 0 Å². The second kappa shape index (κ2) is 5.92. The summed E-state index contributed by atoms with van der Waals surface area (Å²) >= 11 is 3.39. The SMILES string of the molecule is Cc1cc(Nc2ccc([N+](=O)[O-])c(C(=O)O)c2)ccc1Br. The van der Waals surface area contributed by atoms with E-state index in [-0.39, 0.29) is 5.56 Å². The van der Waals surface area contributed by atoms with Gasteiger partial charge in [0.05, 0.1) is 4.92 Å². The first-order chi connectivity index (χ1) is 9.88. The third-order valence-electron chi connectivity index (χ3n) is 2.87. The monoisotopic (exact) mass is 350 g/mol. The van der Waals surface area contributed by atoms with Crippen molar-refractivity contribution in [3.63, 3.8) is 0 Å². The van der Waals surface area contributed by atoms with Gasteiger partial charge in [-0.3, -0.25) is 10.1 Å². The van der Waals surface area contributed by atoms with Crippen molar-refractivity contribution < 1.29 is 14.8 Å². The number of anilines is 2. The van der Waals surface area contributed by atoms with Crippen molar-refractivity contribution in [1.29, 1.82) is 0 Å². The Balaban J connectivity index is 2.36. The minimum atomic E-state index is -1.34. The summed E-state index contributed by atoms with van der Waals surface area (Å²) in [7, 11) is 0. The molecule has 0 aromatic heterocycles. The van der Waals surface area contributed by atoms with Crippen LogP contribution in [0, 0.1) is 17.0 Å².